The molecular weight excluding hydrogens is 229 g/mol. The third-order valence-electron chi connectivity index (χ3n) is 1.78. The van der Waals surface area contributed by atoms with E-state index in [9.17, 15) is 22.8 Å². The van der Waals surface area contributed by atoms with E-state index >= 15 is 0 Å². The lowest BCUT2D eigenvalue weighted by atomic mass is 10.2. The summed E-state index contributed by atoms with van der Waals surface area (Å²) < 4.78 is 36.1. The van der Waals surface area contributed by atoms with E-state index in [0.717, 1.165) is 0 Å². The predicted molar refractivity (Wildman–Crippen MR) is 48.5 cm³/mol. The summed E-state index contributed by atoms with van der Waals surface area (Å²) in [6.45, 7) is -0.238. The molecule has 1 unspecified atom stereocenters. The van der Waals surface area contributed by atoms with E-state index in [0.29, 0.717) is 4.90 Å². The van der Waals surface area contributed by atoms with Gasteiger partial charge in [0, 0.05) is 6.54 Å². The van der Waals surface area contributed by atoms with Crippen molar-refractivity contribution in [2.45, 2.75) is 25.6 Å². The normalized spacial score (nSPS) is 13.3. The zero-order valence-electron chi connectivity index (χ0n) is 8.62. The first-order valence-electron chi connectivity index (χ1n) is 4.50. The first kappa shape index (κ1) is 14.7. The number of alkyl halides is 3. The average Bonchev–Trinajstić information content (AvgIpc) is 2.10. The molecule has 1 atom stereocenters. The van der Waals surface area contributed by atoms with E-state index < -0.39 is 37.1 Å². The summed E-state index contributed by atoms with van der Waals surface area (Å²) in [6.07, 6.45) is -5.21. The number of carbonyl (C=O) groups is 2. The summed E-state index contributed by atoms with van der Waals surface area (Å²) in [5.74, 6) is -2.34. The summed E-state index contributed by atoms with van der Waals surface area (Å²) in [5, 5.41) is 8.35. The number of halogens is 3. The Kier molecular flexibility index (Phi) is 5.22. The molecule has 0 aromatic rings. The van der Waals surface area contributed by atoms with Crippen LogP contribution in [-0.2, 0) is 9.59 Å². The number of carboxylic acids is 1. The minimum absolute atomic E-state index is 0.175. The summed E-state index contributed by atoms with van der Waals surface area (Å²) in [7, 11) is 0. The Labute approximate surface area is 90.0 Å². The van der Waals surface area contributed by atoms with Crippen LogP contribution in [0, 0.1) is 0 Å². The molecule has 0 heterocycles. The fourth-order valence-electron chi connectivity index (χ4n) is 1.07. The number of nitrogens with zero attached hydrogens (tertiary/aromatic N) is 1. The molecule has 0 saturated carbocycles. The molecule has 5 nitrogen and oxygen atoms in total. The second kappa shape index (κ2) is 5.69. The molecule has 0 rings (SSSR count). The molecule has 0 spiro atoms. The van der Waals surface area contributed by atoms with Crippen LogP contribution >= 0.6 is 0 Å². The summed E-state index contributed by atoms with van der Waals surface area (Å²) in [6, 6.07) is -1.44. The molecule has 3 N–H and O–H groups in total. The SMILES string of the molecule is CCN(CC(F)(F)F)C(=O)C(N)CC(=O)O. The van der Waals surface area contributed by atoms with Crippen LogP contribution in [0.4, 0.5) is 13.2 Å². The second-order valence-corrected chi connectivity index (χ2v) is 3.17. The van der Waals surface area contributed by atoms with Gasteiger partial charge in [-0.15, -0.1) is 0 Å². The molecule has 16 heavy (non-hydrogen) atoms. The average molecular weight is 242 g/mol. The molecule has 94 valence electrons. The molecule has 0 saturated heterocycles. The van der Waals surface area contributed by atoms with E-state index in [1.54, 1.807) is 0 Å². The molecule has 0 radical (unpaired) electrons. The van der Waals surface area contributed by atoms with Crippen molar-refractivity contribution in [3.05, 3.63) is 0 Å². The van der Waals surface area contributed by atoms with E-state index in [-0.39, 0.29) is 6.54 Å². The minimum atomic E-state index is -4.52. The monoisotopic (exact) mass is 242 g/mol. The standard InChI is InChI=1S/C8H13F3N2O3/c1-2-13(4-8(9,10)11)7(16)5(12)3-6(14)15/h5H,2-4,12H2,1H3,(H,14,15). The van der Waals surface area contributed by atoms with Gasteiger partial charge in [0.2, 0.25) is 5.91 Å². The van der Waals surface area contributed by atoms with E-state index in [1.165, 1.54) is 6.92 Å². The highest BCUT2D eigenvalue weighted by atomic mass is 19.4. The Morgan fingerprint density at radius 2 is 1.94 bits per heavy atom. The van der Waals surface area contributed by atoms with Crippen LogP contribution in [0.2, 0.25) is 0 Å². The third kappa shape index (κ3) is 5.54. The Balaban J connectivity index is 4.47. The van der Waals surface area contributed by atoms with Crippen molar-refractivity contribution >= 4 is 11.9 Å². The number of carbonyl (C=O) groups excluding carboxylic acids is 1. The van der Waals surface area contributed by atoms with E-state index in [2.05, 4.69) is 0 Å². The van der Waals surface area contributed by atoms with Crippen LogP contribution in [0.5, 0.6) is 0 Å². The number of aliphatic carboxylic acids is 1. The predicted octanol–water partition coefficient (Wildman–Crippen LogP) is 0.199. The summed E-state index contributed by atoms with van der Waals surface area (Å²) >= 11 is 0. The maximum atomic E-state index is 12.0. The Morgan fingerprint density at radius 1 is 1.44 bits per heavy atom. The Bertz CT molecular complexity index is 268. The lowest BCUT2D eigenvalue weighted by Gasteiger charge is -2.24. The summed E-state index contributed by atoms with van der Waals surface area (Å²) in [5.41, 5.74) is 5.17. The number of likely N-dealkylation sites (N-methyl/N-ethyl adjacent to an activating group) is 1. The molecule has 0 aliphatic carbocycles. The number of rotatable bonds is 5. The van der Waals surface area contributed by atoms with Gasteiger partial charge in [-0.05, 0) is 6.92 Å². The first-order chi connectivity index (χ1) is 7.17. The van der Waals surface area contributed by atoms with Gasteiger partial charge in [0.1, 0.15) is 6.54 Å². The fourth-order valence-corrected chi connectivity index (χ4v) is 1.07. The number of carboxylic acid groups (broad SMARTS) is 1. The van der Waals surface area contributed by atoms with Crippen LogP contribution < -0.4 is 5.73 Å². The Morgan fingerprint density at radius 3 is 2.25 bits per heavy atom. The van der Waals surface area contributed by atoms with E-state index in [4.69, 9.17) is 10.8 Å². The number of amides is 1. The number of hydrogen-bond donors (Lipinski definition) is 2. The van der Waals surface area contributed by atoms with Crippen LogP contribution in [-0.4, -0.2) is 47.2 Å². The van der Waals surface area contributed by atoms with Crippen LogP contribution in [0.1, 0.15) is 13.3 Å². The second-order valence-electron chi connectivity index (χ2n) is 3.17. The van der Waals surface area contributed by atoms with Crippen molar-refractivity contribution < 1.29 is 27.9 Å². The summed E-state index contributed by atoms with van der Waals surface area (Å²) in [4.78, 5) is 22.0. The quantitative estimate of drug-likeness (QED) is 0.721. The van der Waals surface area contributed by atoms with Crippen LogP contribution in [0.15, 0.2) is 0 Å². The molecule has 0 bridgehead atoms. The van der Waals surface area contributed by atoms with Gasteiger partial charge in [0.05, 0.1) is 12.5 Å². The van der Waals surface area contributed by atoms with Crippen molar-refractivity contribution in [2.24, 2.45) is 5.73 Å². The van der Waals surface area contributed by atoms with Gasteiger partial charge in [-0.2, -0.15) is 13.2 Å². The number of nitrogens with two attached hydrogens (primary N) is 1. The lowest BCUT2D eigenvalue weighted by Crippen LogP contribution is -2.48. The van der Waals surface area contributed by atoms with Crippen molar-refractivity contribution in [3.8, 4) is 0 Å². The Hall–Kier alpha value is -1.31. The van der Waals surface area contributed by atoms with Gasteiger partial charge >= 0.3 is 12.1 Å². The molecule has 8 heteroatoms. The highest BCUT2D eigenvalue weighted by Crippen LogP contribution is 2.16. The zero-order valence-corrected chi connectivity index (χ0v) is 8.62. The molecule has 0 aliphatic heterocycles. The smallest absolute Gasteiger partial charge is 0.406 e. The zero-order chi connectivity index (χ0) is 12.9. The van der Waals surface area contributed by atoms with Gasteiger partial charge < -0.3 is 15.7 Å². The molecule has 1 amide bonds. The lowest BCUT2D eigenvalue weighted by molar-refractivity contribution is -0.162. The molecule has 0 aromatic heterocycles. The molecule has 0 fully saturated rings. The highest BCUT2D eigenvalue weighted by Gasteiger charge is 2.34. The van der Waals surface area contributed by atoms with Gasteiger partial charge in [-0.25, -0.2) is 0 Å². The van der Waals surface area contributed by atoms with Gasteiger partial charge in [0.25, 0.3) is 0 Å². The van der Waals surface area contributed by atoms with Crippen LogP contribution in [0.25, 0.3) is 0 Å². The van der Waals surface area contributed by atoms with Gasteiger partial charge in [-0.1, -0.05) is 0 Å². The van der Waals surface area contributed by atoms with Gasteiger partial charge in [-0.3, -0.25) is 9.59 Å². The molecule has 0 aromatic carbocycles. The third-order valence-corrected chi connectivity index (χ3v) is 1.78. The van der Waals surface area contributed by atoms with Crippen molar-refractivity contribution in [1.29, 1.82) is 0 Å². The topological polar surface area (TPSA) is 83.6 Å². The van der Waals surface area contributed by atoms with Gasteiger partial charge in [0.15, 0.2) is 0 Å². The maximum absolute atomic E-state index is 12.0. The first-order valence-corrected chi connectivity index (χ1v) is 4.50. The maximum Gasteiger partial charge on any atom is 0.406 e. The molecular formula is C8H13F3N2O3. The largest absolute Gasteiger partial charge is 0.481 e. The van der Waals surface area contributed by atoms with Crippen LogP contribution in [0.3, 0.4) is 0 Å². The van der Waals surface area contributed by atoms with Crippen molar-refractivity contribution in [3.63, 3.8) is 0 Å². The van der Waals surface area contributed by atoms with Crippen molar-refractivity contribution in [1.82, 2.24) is 4.90 Å². The van der Waals surface area contributed by atoms with Crippen molar-refractivity contribution in [2.75, 3.05) is 13.1 Å². The van der Waals surface area contributed by atoms with E-state index in [1.807, 2.05) is 0 Å². The molecule has 0 aliphatic rings. The number of hydrogen-bond acceptors (Lipinski definition) is 3. The highest BCUT2D eigenvalue weighted by molar-refractivity contribution is 5.85. The fraction of sp³-hybridized carbons (Fsp3) is 0.750. The minimum Gasteiger partial charge on any atom is -0.481 e.